The van der Waals surface area contributed by atoms with Gasteiger partial charge in [-0.1, -0.05) is 84.9 Å². The molecule has 0 atom stereocenters. The molecular formula is C34H19N3OS. The average molecular weight is 518 g/mol. The zero-order valence-electron chi connectivity index (χ0n) is 20.6. The first-order valence-corrected chi connectivity index (χ1v) is 13.8. The van der Waals surface area contributed by atoms with Crippen molar-refractivity contribution in [2.24, 2.45) is 0 Å². The van der Waals surface area contributed by atoms with E-state index in [4.69, 9.17) is 14.4 Å². The lowest BCUT2D eigenvalue weighted by Crippen LogP contribution is -2.01. The molecule has 4 nitrogen and oxygen atoms in total. The van der Waals surface area contributed by atoms with E-state index >= 15 is 0 Å². The van der Waals surface area contributed by atoms with Crippen LogP contribution in [-0.4, -0.2) is 14.5 Å². The second-order valence-corrected chi connectivity index (χ2v) is 10.8. The van der Waals surface area contributed by atoms with Crippen molar-refractivity contribution in [1.82, 2.24) is 14.5 Å². The van der Waals surface area contributed by atoms with Crippen LogP contribution in [0.2, 0.25) is 0 Å². The van der Waals surface area contributed by atoms with Crippen molar-refractivity contribution in [1.29, 1.82) is 0 Å². The number of fused-ring (bicyclic) bond motifs is 10. The monoisotopic (exact) mass is 517 g/mol. The smallest absolute Gasteiger partial charge is 0.163 e. The number of hydrogen-bond donors (Lipinski definition) is 0. The number of rotatable bonds is 2. The van der Waals surface area contributed by atoms with Crippen molar-refractivity contribution in [2.45, 2.75) is 0 Å². The fraction of sp³-hybridized carbons (Fsp3) is 0. The summed E-state index contributed by atoms with van der Waals surface area (Å²) in [5.74, 6) is 1.61. The number of nitrogens with zero attached hydrogens (tertiary/aromatic N) is 3. The summed E-state index contributed by atoms with van der Waals surface area (Å²) >= 11 is 1.72. The Morgan fingerprint density at radius 1 is 0.564 bits per heavy atom. The molecule has 4 aromatic heterocycles. The molecule has 4 heterocycles. The fourth-order valence-electron chi connectivity index (χ4n) is 5.95. The van der Waals surface area contributed by atoms with Gasteiger partial charge in [0.25, 0.3) is 0 Å². The summed E-state index contributed by atoms with van der Waals surface area (Å²) in [7, 11) is 0. The van der Waals surface area contributed by atoms with E-state index in [-0.39, 0.29) is 0 Å². The summed E-state index contributed by atoms with van der Waals surface area (Å²) < 4.78 is 10.0. The molecule has 0 aliphatic carbocycles. The van der Waals surface area contributed by atoms with Crippen molar-refractivity contribution < 1.29 is 4.42 Å². The average Bonchev–Trinajstić information content (AvgIpc) is 3.66. The van der Waals surface area contributed by atoms with E-state index < -0.39 is 0 Å². The van der Waals surface area contributed by atoms with E-state index in [1.165, 1.54) is 10.1 Å². The van der Waals surface area contributed by atoms with Crippen LogP contribution in [0.25, 0.3) is 81.3 Å². The number of benzene rings is 5. The third-order valence-electron chi connectivity index (χ3n) is 7.64. The minimum Gasteiger partial charge on any atom is -0.455 e. The van der Waals surface area contributed by atoms with Crippen molar-refractivity contribution in [3.05, 3.63) is 115 Å². The topological polar surface area (TPSA) is 43.9 Å². The summed E-state index contributed by atoms with van der Waals surface area (Å²) in [6.45, 7) is 0. The van der Waals surface area contributed by atoms with Gasteiger partial charge in [-0.15, -0.1) is 11.3 Å². The van der Waals surface area contributed by atoms with Crippen LogP contribution in [-0.2, 0) is 0 Å². The summed E-state index contributed by atoms with van der Waals surface area (Å²) in [5, 5.41) is 6.74. The summed E-state index contributed by atoms with van der Waals surface area (Å²) in [6, 6.07) is 39.9. The van der Waals surface area contributed by atoms with Crippen molar-refractivity contribution >= 4 is 75.4 Å². The second-order valence-electron chi connectivity index (χ2n) is 9.80. The van der Waals surface area contributed by atoms with Crippen LogP contribution >= 0.6 is 11.3 Å². The number of para-hydroxylation sites is 2. The fourth-order valence-corrected chi connectivity index (χ4v) is 7.02. The third-order valence-corrected chi connectivity index (χ3v) is 8.71. The SMILES string of the molecule is c1ccc(-c2nc(-n3c4ccccc4c4c5oc6ccccc6c5ccc43)c3c(n2)sc2ccccc23)cc1. The Morgan fingerprint density at radius 2 is 1.31 bits per heavy atom. The number of aromatic nitrogens is 3. The molecule has 9 aromatic rings. The molecule has 0 saturated carbocycles. The Labute approximate surface area is 226 Å². The van der Waals surface area contributed by atoms with Crippen molar-refractivity contribution in [2.75, 3.05) is 0 Å². The Kier molecular flexibility index (Phi) is 4.18. The first-order chi connectivity index (χ1) is 19.3. The first-order valence-electron chi connectivity index (χ1n) is 12.9. The van der Waals surface area contributed by atoms with Crippen LogP contribution in [0, 0.1) is 0 Å². The summed E-state index contributed by atoms with van der Waals surface area (Å²) in [4.78, 5) is 11.3. The molecule has 0 amide bonds. The van der Waals surface area contributed by atoms with Crippen LogP contribution in [0.1, 0.15) is 0 Å². The van der Waals surface area contributed by atoms with Gasteiger partial charge in [-0.3, -0.25) is 4.57 Å². The van der Waals surface area contributed by atoms with Gasteiger partial charge in [0.1, 0.15) is 16.0 Å². The first kappa shape index (κ1) is 21.0. The molecule has 0 unspecified atom stereocenters. The Balaban J connectivity index is 1.49. The van der Waals surface area contributed by atoms with E-state index in [2.05, 4.69) is 89.5 Å². The molecule has 0 radical (unpaired) electrons. The van der Waals surface area contributed by atoms with Gasteiger partial charge in [-0.2, -0.15) is 0 Å². The molecule has 0 bridgehead atoms. The molecule has 5 heteroatoms. The van der Waals surface area contributed by atoms with Gasteiger partial charge in [0.2, 0.25) is 0 Å². The molecular weight excluding hydrogens is 498 g/mol. The Bertz CT molecular complexity index is 2400. The maximum absolute atomic E-state index is 6.51. The lowest BCUT2D eigenvalue weighted by Gasteiger charge is -2.11. The maximum atomic E-state index is 6.51. The minimum atomic E-state index is 0.723. The maximum Gasteiger partial charge on any atom is 0.163 e. The van der Waals surface area contributed by atoms with E-state index in [9.17, 15) is 0 Å². The highest BCUT2D eigenvalue weighted by atomic mass is 32.1. The molecule has 9 rings (SSSR count). The highest BCUT2D eigenvalue weighted by Gasteiger charge is 2.23. The lowest BCUT2D eigenvalue weighted by molar-refractivity contribution is 0.673. The van der Waals surface area contributed by atoms with Crippen molar-refractivity contribution in [3.63, 3.8) is 0 Å². The largest absolute Gasteiger partial charge is 0.455 e. The normalized spacial score (nSPS) is 12.1. The van der Waals surface area contributed by atoms with Crippen molar-refractivity contribution in [3.8, 4) is 17.2 Å². The standard InChI is InChI=1S/C34H19N3OS/c1-2-10-20(11-3-1)32-35-33(30-24-14-6-9-17-28(24)39-34(30)36-32)37-25-15-7-4-13-23(25)29-26(37)19-18-22-21-12-5-8-16-27(21)38-31(22)29/h1-19H. The second kappa shape index (κ2) is 7.76. The zero-order valence-corrected chi connectivity index (χ0v) is 21.4. The van der Waals surface area contributed by atoms with Crippen LogP contribution in [0.5, 0.6) is 0 Å². The zero-order chi connectivity index (χ0) is 25.5. The summed E-state index contributed by atoms with van der Waals surface area (Å²) in [5.41, 5.74) is 4.97. The van der Waals surface area contributed by atoms with Gasteiger partial charge in [0, 0.05) is 31.8 Å². The van der Waals surface area contributed by atoms with Crippen LogP contribution in [0.3, 0.4) is 0 Å². The molecule has 5 aromatic carbocycles. The number of furan rings is 1. The molecule has 0 spiro atoms. The number of hydrogen-bond acceptors (Lipinski definition) is 4. The van der Waals surface area contributed by atoms with Gasteiger partial charge in [-0.25, -0.2) is 9.97 Å². The van der Waals surface area contributed by atoms with E-state index in [1.54, 1.807) is 11.3 Å². The van der Waals surface area contributed by atoms with Gasteiger partial charge < -0.3 is 4.42 Å². The lowest BCUT2D eigenvalue weighted by atomic mass is 10.1. The highest BCUT2D eigenvalue weighted by molar-refractivity contribution is 7.25. The molecule has 0 fully saturated rings. The van der Waals surface area contributed by atoms with Crippen LogP contribution < -0.4 is 0 Å². The predicted octanol–water partition coefficient (Wildman–Crippen LogP) is 9.51. The quantitative estimate of drug-likeness (QED) is 0.229. The van der Waals surface area contributed by atoms with Gasteiger partial charge in [0.15, 0.2) is 11.6 Å². The van der Waals surface area contributed by atoms with Gasteiger partial charge in [-0.05, 0) is 30.3 Å². The minimum absolute atomic E-state index is 0.723. The molecule has 0 aliphatic rings. The third kappa shape index (κ3) is 2.88. The van der Waals surface area contributed by atoms with Gasteiger partial charge in [0.05, 0.1) is 21.8 Å². The molecule has 39 heavy (non-hydrogen) atoms. The number of thiophene rings is 1. The van der Waals surface area contributed by atoms with Crippen LogP contribution in [0.4, 0.5) is 0 Å². The van der Waals surface area contributed by atoms with E-state index in [1.807, 2.05) is 30.3 Å². The molecule has 0 aliphatic heterocycles. The van der Waals surface area contributed by atoms with Crippen LogP contribution in [0.15, 0.2) is 120 Å². The predicted molar refractivity (Wildman–Crippen MR) is 162 cm³/mol. The van der Waals surface area contributed by atoms with E-state index in [0.717, 1.165) is 71.2 Å². The molecule has 0 N–H and O–H groups in total. The highest BCUT2D eigenvalue weighted by Crippen LogP contribution is 2.43. The molecule has 0 saturated heterocycles. The van der Waals surface area contributed by atoms with E-state index in [0.29, 0.717) is 0 Å². The summed E-state index contributed by atoms with van der Waals surface area (Å²) in [6.07, 6.45) is 0. The Morgan fingerprint density at radius 3 is 2.21 bits per heavy atom. The van der Waals surface area contributed by atoms with Gasteiger partial charge >= 0.3 is 0 Å². The Hall–Kier alpha value is -5.00. The molecule has 182 valence electrons.